The molecule has 1 heterocycles. The lowest BCUT2D eigenvalue weighted by atomic mass is 9.84. The first-order chi connectivity index (χ1) is 21.4. The van der Waals surface area contributed by atoms with E-state index in [-0.39, 0.29) is 0 Å². The van der Waals surface area contributed by atoms with Crippen LogP contribution in [-0.2, 0) is 0 Å². The van der Waals surface area contributed by atoms with Crippen molar-refractivity contribution in [2.45, 2.75) is 0 Å². The van der Waals surface area contributed by atoms with Crippen molar-refractivity contribution in [1.82, 2.24) is 0 Å². The molecule has 1 aromatic heterocycles. The lowest BCUT2D eigenvalue weighted by Gasteiger charge is -2.18. The fraction of sp³-hybridized carbons (Fsp3) is 0. The highest BCUT2D eigenvalue weighted by Gasteiger charge is 2.23. The zero-order valence-corrected chi connectivity index (χ0v) is 23.4. The largest absolute Gasteiger partial charge is 0.455 e. The van der Waals surface area contributed by atoms with Crippen molar-refractivity contribution >= 4 is 54.3 Å². The summed E-state index contributed by atoms with van der Waals surface area (Å²) in [5.74, 6) is 0. The summed E-state index contributed by atoms with van der Waals surface area (Å²) in [7, 11) is 0. The van der Waals surface area contributed by atoms with Crippen LogP contribution in [0.25, 0.3) is 87.6 Å². The van der Waals surface area contributed by atoms with Crippen LogP contribution in [0.5, 0.6) is 0 Å². The van der Waals surface area contributed by atoms with Crippen LogP contribution < -0.4 is 0 Å². The van der Waals surface area contributed by atoms with Gasteiger partial charge in [0.1, 0.15) is 11.2 Å². The van der Waals surface area contributed by atoms with Gasteiger partial charge < -0.3 is 4.42 Å². The average molecular weight is 547 g/mol. The summed E-state index contributed by atoms with van der Waals surface area (Å²) in [4.78, 5) is 0. The molecule has 43 heavy (non-hydrogen) atoms. The third kappa shape index (κ3) is 3.58. The van der Waals surface area contributed by atoms with Crippen molar-refractivity contribution in [3.8, 4) is 33.4 Å². The van der Waals surface area contributed by atoms with E-state index in [1.165, 1.54) is 60.0 Å². The van der Waals surface area contributed by atoms with Gasteiger partial charge in [-0.15, -0.1) is 0 Å². The smallest absolute Gasteiger partial charge is 0.143 e. The van der Waals surface area contributed by atoms with Gasteiger partial charge in [-0.25, -0.2) is 0 Å². The van der Waals surface area contributed by atoms with Gasteiger partial charge in [-0.3, -0.25) is 0 Å². The molecule has 0 radical (unpaired) electrons. The maximum atomic E-state index is 6.83. The summed E-state index contributed by atoms with van der Waals surface area (Å²) < 4.78 is 6.83. The molecule has 8 aromatic carbocycles. The van der Waals surface area contributed by atoms with E-state index >= 15 is 0 Å². The van der Waals surface area contributed by atoms with Crippen molar-refractivity contribution < 1.29 is 4.42 Å². The van der Waals surface area contributed by atoms with Gasteiger partial charge in [-0.1, -0.05) is 146 Å². The Kier molecular flexibility index (Phi) is 5.27. The van der Waals surface area contributed by atoms with Gasteiger partial charge >= 0.3 is 0 Å². The lowest BCUT2D eigenvalue weighted by Crippen LogP contribution is -1.92. The molecule has 9 rings (SSSR count). The lowest BCUT2D eigenvalue weighted by molar-refractivity contribution is 0.670. The molecule has 0 saturated carbocycles. The number of hydrogen-bond acceptors (Lipinski definition) is 1. The van der Waals surface area contributed by atoms with Gasteiger partial charge in [0.25, 0.3) is 0 Å². The molecule has 200 valence electrons. The molecule has 0 fully saturated rings. The zero-order valence-electron chi connectivity index (χ0n) is 23.4. The molecule has 0 amide bonds. The Morgan fingerprint density at radius 2 is 0.837 bits per heavy atom. The Hall–Kier alpha value is -5.66. The highest BCUT2D eigenvalue weighted by molar-refractivity contribution is 6.29. The van der Waals surface area contributed by atoms with Gasteiger partial charge in [-0.05, 0) is 72.3 Å². The molecule has 0 aliphatic carbocycles. The van der Waals surface area contributed by atoms with Crippen molar-refractivity contribution in [1.29, 1.82) is 0 Å². The fourth-order valence-corrected chi connectivity index (χ4v) is 7.03. The van der Waals surface area contributed by atoms with Crippen molar-refractivity contribution in [3.63, 3.8) is 0 Å². The van der Waals surface area contributed by atoms with Crippen LogP contribution in [0, 0.1) is 0 Å². The summed E-state index contributed by atoms with van der Waals surface area (Å²) in [5.41, 5.74) is 9.03. The molecule has 0 N–H and O–H groups in total. The van der Waals surface area contributed by atoms with E-state index in [1.807, 2.05) is 0 Å². The van der Waals surface area contributed by atoms with Crippen LogP contribution in [0.15, 0.2) is 162 Å². The first-order valence-corrected chi connectivity index (χ1v) is 14.8. The molecular weight excluding hydrogens is 520 g/mol. The Labute approximate surface area is 249 Å². The van der Waals surface area contributed by atoms with Crippen LogP contribution in [0.3, 0.4) is 0 Å². The van der Waals surface area contributed by atoms with E-state index in [9.17, 15) is 0 Å². The molecule has 0 unspecified atom stereocenters. The predicted molar refractivity (Wildman–Crippen MR) is 183 cm³/mol. The summed E-state index contributed by atoms with van der Waals surface area (Å²) in [6.45, 7) is 0. The maximum absolute atomic E-state index is 6.83. The number of benzene rings is 8. The fourth-order valence-electron chi connectivity index (χ4n) is 7.03. The van der Waals surface area contributed by atoms with Crippen molar-refractivity contribution in [3.05, 3.63) is 158 Å². The number of fused-ring (bicyclic) bond motifs is 7. The van der Waals surface area contributed by atoms with Gasteiger partial charge in [-0.2, -0.15) is 0 Å². The summed E-state index contributed by atoms with van der Waals surface area (Å²) in [5, 5.41) is 9.73. The SMILES string of the molecule is c1ccc(-c2c3ccccc3c(-c3ccc(-c4ccccc4)c4oc5ccc6ccccc6c5c34)c3ccccc23)cc1. The molecule has 0 spiro atoms. The number of rotatable bonds is 3. The molecule has 1 heteroatoms. The van der Waals surface area contributed by atoms with E-state index in [1.54, 1.807) is 0 Å². The Balaban J connectivity index is 1.51. The van der Waals surface area contributed by atoms with E-state index < -0.39 is 0 Å². The van der Waals surface area contributed by atoms with Gasteiger partial charge in [0, 0.05) is 16.3 Å². The van der Waals surface area contributed by atoms with E-state index in [4.69, 9.17) is 4.42 Å². The van der Waals surface area contributed by atoms with Crippen LogP contribution in [0.4, 0.5) is 0 Å². The van der Waals surface area contributed by atoms with E-state index in [0.29, 0.717) is 0 Å². The third-order valence-corrected chi connectivity index (χ3v) is 8.86. The first-order valence-electron chi connectivity index (χ1n) is 14.8. The van der Waals surface area contributed by atoms with Gasteiger partial charge in [0.05, 0.1) is 0 Å². The Morgan fingerprint density at radius 1 is 0.326 bits per heavy atom. The molecule has 9 aromatic rings. The van der Waals surface area contributed by atoms with E-state index in [0.717, 1.165) is 27.7 Å². The zero-order chi connectivity index (χ0) is 28.3. The summed E-state index contributed by atoms with van der Waals surface area (Å²) in [6, 6.07) is 56.6. The second kappa shape index (κ2) is 9.44. The predicted octanol–water partition coefficient (Wildman–Crippen LogP) is 12.0. The number of hydrogen-bond donors (Lipinski definition) is 0. The molecule has 0 aliphatic rings. The highest BCUT2D eigenvalue weighted by Crippen LogP contribution is 2.49. The third-order valence-electron chi connectivity index (χ3n) is 8.86. The minimum absolute atomic E-state index is 0.910. The maximum Gasteiger partial charge on any atom is 0.143 e. The quantitative estimate of drug-likeness (QED) is 0.201. The molecule has 0 bridgehead atoms. The van der Waals surface area contributed by atoms with Crippen LogP contribution in [-0.4, -0.2) is 0 Å². The molecule has 0 saturated heterocycles. The Bertz CT molecular complexity index is 2430. The monoisotopic (exact) mass is 546 g/mol. The minimum Gasteiger partial charge on any atom is -0.455 e. The van der Waals surface area contributed by atoms with Crippen LogP contribution in [0.2, 0.25) is 0 Å². The van der Waals surface area contributed by atoms with Crippen molar-refractivity contribution in [2.24, 2.45) is 0 Å². The first kappa shape index (κ1) is 24.0. The van der Waals surface area contributed by atoms with Crippen molar-refractivity contribution in [2.75, 3.05) is 0 Å². The normalized spacial score (nSPS) is 11.7. The van der Waals surface area contributed by atoms with Crippen LogP contribution in [0.1, 0.15) is 0 Å². The topological polar surface area (TPSA) is 13.1 Å². The molecule has 0 aliphatic heterocycles. The summed E-state index contributed by atoms with van der Waals surface area (Å²) >= 11 is 0. The second-order valence-electron chi connectivity index (χ2n) is 11.2. The highest BCUT2D eigenvalue weighted by atomic mass is 16.3. The minimum atomic E-state index is 0.910. The number of furan rings is 1. The molecule has 1 nitrogen and oxygen atoms in total. The van der Waals surface area contributed by atoms with E-state index in [2.05, 4.69) is 158 Å². The molecular formula is C42H26O. The second-order valence-corrected chi connectivity index (χ2v) is 11.2. The van der Waals surface area contributed by atoms with Gasteiger partial charge in [0.2, 0.25) is 0 Å². The average Bonchev–Trinajstić information content (AvgIpc) is 3.48. The van der Waals surface area contributed by atoms with Gasteiger partial charge in [0.15, 0.2) is 0 Å². The molecule has 0 atom stereocenters. The Morgan fingerprint density at radius 3 is 1.49 bits per heavy atom. The standard InChI is InChI=1S/C42H26O/c1-3-13-27(14-4-1)31-24-25-36(41-40-30-18-8-7-15-28(30)23-26-37(40)43-42(31)41)39-34-21-11-9-19-32(34)38(29-16-5-2-6-17-29)33-20-10-12-22-35(33)39/h1-26H. The van der Waals surface area contributed by atoms with Crippen LogP contribution >= 0.6 is 0 Å². The summed E-state index contributed by atoms with van der Waals surface area (Å²) in [6.07, 6.45) is 0.